The number of thiazole rings is 1. The van der Waals surface area contributed by atoms with Crippen molar-refractivity contribution < 1.29 is 4.79 Å². The van der Waals surface area contributed by atoms with Crippen molar-refractivity contribution in [2.75, 3.05) is 11.9 Å². The summed E-state index contributed by atoms with van der Waals surface area (Å²) < 4.78 is 2.37. The van der Waals surface area contributed by atoms with Crippen LogP contribution >= 0.6 is 11.3 Å². The molecule has 0 saturated carbocycles. The number of amides is 1. The van der Waals surface area contributed by atoms with Crippen LogP contribution in [0.1, 0.15) is 30.3 Å². The molecule has 124 valence electrons. The lowest BCUT2D eigenvalue weighted by Gasteiger charge is -2.13. The van der Waals surface area contributed by atoms with Gasteiger partial charge in [0.1, 0.15) is 5.69 Å². The van der Waals surface area contributed by atoms with Crippen molar-refractivity contribution in [1.29, 1.82) is 0 Å². The molecule has 2 heterocycles. The summed E-state index contributed by atoms with van der Waals surface area (Å²) >= 11 is 1.45. The van der Waals surface area contributed by atoms with Gasteiger partial charge in [0.15, 0.2) is 5.13 Å². The molecule has 1 amide bonds. The molecule has 0 atom stereocenters. The Morgan fingerprint density at radius 3 is 2.79 bits per heavy atom. The van der Waals surface area contributed by atoms with Gasteiger partial charge in [-0.3, -0.25) is 14.5 Å². The highest BCUT2D eigenvalue weighted by Crippen LogP contribution is 2.28. The van der Waals surface area contributed by atoms with Crippen molar-refractivity contribution in [2.24, 2.45) is 0 Å². The Bertz CT molecular complexity index is 898. The van der Waals surface area contributed by atoms with Gasteiger partial charge in [0.2, 0.25) is 0 Å². The predicted octanol–water partition coefficient (Wildman–Crippen LogP) is 2.93. The number of aromatic nitrogens is 3. The van der Waals surface area contributed by atoms with Crippen molar-refractivity contribution in [3.05, 3.63) is 52.4 Å². The SMILES string of the molecule is CCCCn1nc(C(=O)N(C)c2nc3ccccc3s2)ccc1=O. The second-order valence-corrected chi connectivity index (χ2v) is 6.47. The summed E-state index contributed by atoms with van der Waals surface area (Å²) in [5.41, 5.74) is 0.910. The van der Waals surface area contributed by atoms with Crippen molar-refractivity contribution in [2.45, 2.75) is 26.3 Å². The van der Waals surface area contributed by atoms with E-state index < -0.39 is 0 Å². The summed E-state index contributed by atoms with van der Waals surface area (Å²) in [6, 6.07) is 10.6. The first kappa shape index (κ1) is 16.3. The summed E-state index contributed by atoms with van der Waals surface area (Å²) in [6.07, 6.45) is 1.80. The fourth-order valence-electron chi connectivity index (χ4n) is 2.29. The summed E-state index contributed by atoms with van der Waals surface area (Å²) in [5, 5.41) is 4.81. The Morgan fingerprint density at radius 2 is 2.04 bits per heavy atom. The van der Waals surface area contributed by atoms with Crippen LogP contribution in [0, 0.1) is 0 Å². The fraction of sp³-hybridized carbons (Fsp3) is 0.294. The number of fused-ring (bicyclic) bond motifs is 1. The van der Waals surface area contributed by atoms with Crippen molar-refractivity contribution >= 4 is 32.6 Å². The number of para-hydroxylation sites is 1. The van der Waals surface area contributed by atoms with Crippen LogP contribution in [-0.2, 0) is 6.54 Å². The summed E-state index contributed by atoms with van der Waals surface area (Å²) in [6.45, 7) is 2.56. The van der Waals surface area contributed by atoms with Gasteiger partial charge in [-0.2, -0.15) is 5.10 Å². The van der Waals surface area contributed by atoms with E-state index in [-0.39, 0.29) is 17.2 Å². The quantitative estimate of drug-likeness (QED) is 0.715. The topological polar surface area (TPSA) is 68.1 Å². The molecule has 24 heavy (non-hydrogen) atoms. The van der Waals surface area contributed by atoms with Crippen molar-refractivity contribution in [1.82, 2.24) is 14.8 Å². The molecule has 0 bridgehead atoms. The number of hydrogen-bond donors (Lipinski definition) is 0. The van der Waals surface area contributed by atoms with Gasteiger partial charge in [0.25, 0.3) is 11.5 Å². The third-order valence-electron chi connectivity index (χ3n) is 3.68. The first-order chi connectivity index (χ1) is 11.6. The minimum Gasteiger partial charge on any atom is -0.286 e. The Hall–Kier alpha value is -2.54. The molecule has 0 spiro atoms. The maximum atomic E-state index is 12.7. The summed E-state index contributed by atoms with van der Waals surface area (Å²) in [7, 11) is 1.67. The van der Waals surface area contributed by atoms with Crippen LogP contribution in [0.25, 0.3) is 10.2 Å². The van der Waals surface area contributed by atoms with Gasteiger partial charge < -0.3 is 0 Å². The van der Waals surface area contributed by atoms with Gasteiger partial charge in [-0.25, -0.2) is 9.67 Å². The zero-order chi connectivity index (χ0) is 17.1. The molecule has 0 saturated heterocycles. The molecule has 0 fully saturated rings. The predicted molar refractivity (Wildman–Crippen MR) is 95.8 cm³/mol. The maximum Gasteiger partial charge on any atom is 0.280 e. The Morgan fingerprint density at radius 1 is 1.25 bits per heavy atom. The molecule has 0 aliphatic heterocycles. The van der Waals surface area contributed by atoms with E-state index >= 15 is 0 Å². The van der Waals surface area contributed by atoms with Crippen LogP contribution in [0.5, 0.6) is 0 Å². The van der Waals surface area contributed by atoms with E-state index in [9.17, 15) is 9.59 Å². The number of carbonyl (C=O) groups excluding carboxylic acids is 1. The van der Waals surface area contributed by atoms with E-state index in [0.717, 1.165) is 23.1 Å². The average Bonchev–Trinajstić information content (AvgIpc) is 3.04. The molecule has 1 aromatic carbocycles. The smallest absolute Gasteiger partial charge is 0.280 e. The van der Waals surface area contributed by atoms with E-state index in [4.69, 9.17) is 0 Å². The number of rotatable bonds is 5. The first-order valence-corrected chi connectivity index (χ1v) is 8.63. The molecular weight excluding hydrogens is 324 g/mol. The molecule has 0 unspecified atom stereocenters. The zero-order valence-corrected chi connectivity index (χ0v) is 14.4. The molecule has 0 radical (unpaired) electrons. The molecule has 3 rings (SSSR count). The minimum absolute atomic E-state index is 0.192. The van der Waals surface area contributed by atoms with Crippen LogP contribution in [0.2, 0.25) is 0 Å². The average molecular weight is 342 g/mol. The highest BCUT2D eigenvalue weighted by molar-refractivity contribution is 7.22. The molecule has 7 heteroatoms. The fourth-order valence-corrected chi connectivity index (χ4v) is 3.22. The Balaban J connectivity index is 1.88. The largest absolute Gasteiger partial charge is 0.286 e. The van der Waals surface area contributed by atoms with E-state index in [2.05, 4.69) is 10.1 Å². The molecule has 0 aliphatic carbocycles. The Kier molecular flexibility index (Phi) is 4.71. The molecule has 0 N–H and O–H groups in total. The second kappa shape index (κ2) is 6.92. The third-order valence-corrected chi connectivity index (χ3v) is 4.80. The highest BCUT2D eigenvalue weighted by atomic mass is 32.1. The minimum atomic E-state index is -0.278. The van der Waals surface area contributed by atoms with E-state index in [0.29, 0.717) is 11.7 Å². The van der Waals surface area contributed by atoms with Crippen molar-refractivity contribution in [3.8, 4) is 0 Å². The second-order valence-electron chi connectivity index (χ2n) is 5.46. The monoisotopic (exact) mass is 342 g/mol. The van der Waals surface area contributed by atoms with E-state index in [1.807, 2.05) is 31.2 Å². The van der Waals surface area contributed by atoms with Crippen LogP contribution < -0.4 is 10.5 Å². The van der Waals surface area contributed by atoms with E-state index in [1.54, 1.807) is 7.05 Å². The van der Waals surface area contributed by atoms with Gasteiger partial charge in [-0.15, -0.1) is 0 Å². The zero-order valence-electron chi connectivity index (χ0n) is 13.6. The van der Waals surface area contributed by atoms with Gasteiger partial charge in [0.05, 0.1) is 10.2 Å². The lowest BCUT2D eigenvalue weighted by atomic mass is 10.3. The van der Waals surface area contributed by atoms with Crippen molar-refractivity contribution in [3.63, 3.8) is 0 Å². The van der Waals surface area contributed by atoms with Crippen LogP contribution in [0.4, 0.5) is 5.13 Å². The maximum absolute atomic E-state index is 12.7. The van der Waals surface area contributed by atoms with Gasteiger partial charge >= 0.3 is 0 Å². The van der Waals surface area contributed by atoms with E-state index in [1.165, 1.54) is 33.1 Å². The molecule has 0 aliphatic rings. The molecule has 2 aromatic heterocycles. The number of aryl methyl sites for hydroxylation is 1. The third kappa shape index (κ3) is 3.21. The molecular formula is C17H18N4O2S. The Labute approximate surface area is 143 Å². The van der Waals surface area contributed by atoms with Gasteiger partial charge in [-0.1, -0.05) is 36.8 Å². The number of hydrogen-bond acceptors (Lipinski definition) is 5. The van der Waals surface area contributed by atoms with Gasteiger partial charge in [-0.05, 0) is 24.6 Å². The number of carbonyl (C=O) groups is 1. The number of unbranched alkanes of at least 4 members (excludes halogenated alkanes) is 1. The lowest BCUT2D eigenvalue weighted by Crippen LogP contribution is -2.31. The van der Waals surface area contributed by atoms with Crippen LogP contribution in [-0.4, -0.2) is 27.7 Å². The summed E-state index contributed by atoms with van der Waals surface area (Å²) in [4.78, 5) is 30.4. The van der Waals surface area contributed by atoms with Crippen LogP contribution in [0.3, 0.4) is 0 Å². The lowest BCUT2D eigenvalue weighted by molar-refractivity contribution is 0.0985. The molecule has 3 aromatic rings. The molecule has 6 nitrogen and oxygen atoms in total. The number of anilines is 1. The highest BCUT2D eigenvalue weighted by Gasteiger charge is 2.19. The summed E-state index contributed by atoms with van der Waals surface area (Å²) in [5.74, 6) is -0.278. The normalized spacial score (nSPS) is 10.9. The van der Waals surface area contributed by atoms with Crippen LogP contribution in [0.15, 0.2) is 41.2 Å². The first-order valence-electron chi connectivity index (χ1n) is 7.82. The standard InChI is InChI=1S/C17H18N4O2S/c1-3-4-11-21-15(22)10-9-13(19-21)16(23)20(2)17-18-12-7-5-6-8-14(12)24-17/h5-10H,3-4,11H2,1-2H3. The number of nitrogens with zero attached hydrogens (tertiary/aromatic N) is 4. The van der Waals surface area contributed by atoms with Gasteiger partial charge in [0, 0.05) is 19.7 Å². The number of benzene rings is 1.